The first kappa shape index (κ1) is 29.2. The molecular weight excluding hydrogens is 605 g/mol. The normalized spacial score (nSPS) is 18.9. The third-order valence-electron chi connectivity index (χ3n) is 10.1. The highest BCUT2D eigenvalue weighted by molar-refractivity contribution is 6.22. The number of fused-ring (bicyclic) bond motifs is 5. The Morgan fingerprint density at radius 2 is 1.24 bits per heavy atom. The number of nitrogens with zero attached hydrogens (tertiary/aromatic N) is 6. The summed E-state index contributed by atoms with van der Waals surface area (Å²) < 4.78 is 2.03. The fourth-order valence-corrected chi connectivity index (χ4v) is 7.28. The number of anilines is 3. The molecule has 0 radical (unpaired) electrons. The summed E-state index contributed by atoms with van der Waals surface area (Å²) in [5.74, 6) is 2.11. The van der Waals surface area contributed by atoms with E-state index in [0.29, 0.717) is 30.4 Å². The Bertz CT molecular complexity index is 2190. The Balaban J connectivity index is 1.15. The van der Waals surface area contributed by atoms with E-state index in [-0.39, 0.29) is 17.5 Å². The molecule has 49 heavy (non-hydrogen) atoms. The molecule has 0 bridgehead atoms. The van der Waals surface area contributed by atoms with Crippen LogP contribution < -0.4 is 9.80 Å². The van der Waals surface area contributed by atoms with Gasteiger partial charge < -0.3 is 4.90 Å². The molecule has 1 saturated carbocycles. The van der Waals surface area contributed by atoms with Gasteiger partial charge in [-0.3, -0.25) is 14.6 Å². The first-order chi connectivity index (χ1) is 24.0. The molecule has 1 fully saturated rings. The number of aromatic nitrogens is 2. The van der Waals surface area contributed by atoms with Gasteiger partial charge in [-0.25, -0.2) is 9.67 Å². The van der Waals surface area contributed by atoms with E-state index in [9.17, 15) is 4.79 Å². The number of carbonyl (C=O) groups excluding carboxylic acids is 1. The summed E-state index contributed by atoms with van der Waals surface area (Å²) in [5, 5.41) is 5.33. The zero-order chi connectivity index (χ0) is 33.1. The highest BCUT2D eigenvalue weighted by atomic mass is 16.2. The number of rotatable bonds is 8. The van der Waals surface area contributed by atoms with Crippen molar-refractivity contribution in [3.05, 3.63) is 156 Å². The number of para-hydroxylation sites is 1. The largest absolute Gasteiger partial charge is 0.320 e. The zero-order valence-corrected chi connectivity index (χ0v) is 27.6. The number of aliphatic imine (C=N–C) groups is 1. The van der Waals surface area contributed by atoms with E-state index in [0.717, 1.165) is 29.1 Å². The van der Waals surface area contributed by atoms with Crippen LogP contribution >= 0.6 is 0 Å². The van der Waals surface area contributed by atoms with Crippen LogP contribution in [0, 0.1) is 0 Å². The first-order valence-corrected chi connectivity index (χ1v) is 16.9. The predicted octanol–water partition coefficient (Wildman–Crippen LogP) is 8.40. The number of benzene rings is 5. The Hall–Kier alpha value is -5.95. The number of carbonyl (C=O) groups is 1. The topological polar surface area (TPSA) is 57.0 Å². The van der Waals surface area contributed by atoms with E-state index in [4.69, 9.17) is 10.1 Å². The Labute approximate surface area is 286 Å². The highest BCUT2D eigenvalue weighted by Crippen LogP contribution is 2.54. The van der Waals surface area contributed by atoms with E-state index in [2.05, 4.69) is 126 Å². The summed E-state index contributed by atoms with van der Waals surface area (Å²) in [4.78, 5) is 25.6. The molecule has 1 aromatic heterocycles. The van der Waals surface area contributed by atoms with Gasteiger partial charge in [-0.1, -0.05) is 127 Å². The van der Waals surface area contributed by atoms with Gasteiger partial charge in [-0.15, -0.1) is 0 Å². The summed E-state index contributed by atoms with van der Waals surface area (Å²) in [6.45, 7) is 3.25. The summed E-state index contributed by atoms with van der Waals surface area (Å²) in [5.41, 5.74) is 8.34. The minimum absolute atomic E-state index is 0.0871. The lowest BCUT2D eigenvalue weighted by Gasteiger charge is -2.34. The average molecular weight is 641 g/mol. The van der Waals surface area contributed by atoms with Crippen LogP contribution in [-0.2, 0) is 13.1 Å². The second kappa shape index (κ2) is 11.3. The fraction of sp³-hybridized carbons (Fsp3) is 0.167. The molecule has 7 nitrogen and oxygen atoms in total. The van der Waals surface area contributed by atoms with Gasteiger partial charge in [0.2, 0.25) is 5.96 Å². The molecule has 3 heterocycles. The van der Waals surface area contributed by atoms with Crippen molar-refractivity contribution in [1.29, 1.82) is 0 Å². The molecular formula is C42H36N6O. The monoisotopic (exact) mass is 640 g/mol. The molecule has 0 N–H and O–H groups in total. The van der Waals surface area contributed by atoms with Crippen molar-refractivity contribution < 1.29 is 4.79 Å². The SMILES string of the molecule is CN1C(=O)c2c(N(Cc3ccc(-c4ccccc4)cc3)c3ccccc3)nn(Cc3ccc(-c4ccccc4)cc3)c2N2C1=N[C@]1(C)CC21. The van der Waals surface area contributed by atoms with Crippen molar-refractivity contribution in [1.82, 2.24) is 14.7 Å². The number of guanidine groups is 1. The third-order valence-corrected chi connectivity index (χ3v) is 10.1. The van der Waals surface area contributed by atoms with Gasteiger partial charge in [0.05, 0.1) is 18.1 Å². The van der Waals surface area contributed by atoms with Crippen LogP contribution in [0.1, 0.15) is 34.8 Å². The summed E-state index contributed by atoms with van der Waals surface area (Å²) in [7, 11) is 1.84. The Morgan fingerprint density at radius 1 is 0.714 bits per heavy atom. The van der Waals surface area contributed by atoms with E-state index in [1.165, 1.54) is 22.3 Å². The van der Waals surface area contributed by atoms with E-state index < -0.39 is 0 Å². The molecule has 2 aliphatic heterocycles. The van der Waals surface area contributed by atoms with Crippen molar-refractivity contribution in [3.8, 4) is 22.3 Å². The Kier molecular flexibility index (Phi) is 6.76. The second-order valence-corrected chi connectivity index (χ2v) is 13.5. The first-order valence-electron chi connectivity index (χ1n) is 16.9. The average Bonchev–Trinajstić information content (AvgIpc) is 3.53. The van der Waals surface area contributed by atoms with Crippen molar-refractivity contribution in [2.24, 2.45) is 4.99 Å². The van der Waals surface area contributed by atoms with Crippen LogP contribution in [-0.4, -0.2) is 45.2 Å². The van der Waals surface area contributed by atoms with E-state index in [1.54, 1.807) is 4.90 Å². The Morgan fingerprint density at radius 3 is 1.84 bits per heavy atom. The molecule has 0 spiro atoms. The summed E-state index contributed by atoms with van der Waals surface area (Å²) in [6.07, 6.45) is 0.959. The zero-order valence-electron chi connectivity index (χ0n) is 27.6. The highest BCUT2D eigenvalue weighted by Gasteiger charge is 2.63. The van der Waals surface area contributed by atoms with Gasteiger partial charge in [0, 0.05) is 19.3 Å². The van der Waals surface area contributed by atoms with Crippen LogP contribution in [0.4, 0.5) is 17.3 Å². The maximum Gasteiger partial charge on any atom is 0.267 e. The van der Waals surface area contributed by atoms with E-state index >= 15 is 0 Å². The lowest BCUT2D eigenvalue weighted by atomic mass is 10.0. The quantitative estimate of drug-likeness (QED) is 0.168. The maximum atomic E-state index is 14.4. The van der Waals surface area contributed by atoms with Crippen LogP contribution in [0.15, 0.2) is 145 Å². The summed E-state index contributed by atoms with van der Waals surface area (Å²) in [6, 6.07) is 48.6. The molecule has 0 saturated heterocycles. The van der Waals surface area contributed by atoms with Gasteiger partial charge >= 0.3 is 0 Å². The summed E-state index contributed by atoms with van der Waals surface area (Å²) >= 11 is 0. The van der Waals surface area contributed by atoms with Gasteiger partial charge in [0.1, 0.15) is 11.4 Å². The lowest BCUT2D eigenvalue weighted by Crippen LogP contribution is -2.50. The fourth-order valence-electron chi connectivity index (χ4n) is 7.28. The second-order valence-electron chi connectivity index (χ2n) is 13.5. The van der Waals surface area contributed by atoms with Crippen LogP contribution in [0.25, 0.3) is 22.3 Å². The molecule has 6 aromatic rings. The van der Waals surface area contributed by atoms with Crippen molar-refractivity contribution in [3.63, 3.8) is 0 Å². The number of amides is 1. The van der Waals surface area contributed by atoms with Crippen LogP contribution in [0.3, 0.4) is 0 Å². The smallest absolute Gasteiger partial charge is 0.267 e. The van der Waals surface area contributed by atoms with E-state index in [1.807, 2.05) is 42.1 Å². The standard InChI is InChI=1S/C42H36N6O/c1-42-26-36(42)48-39-37(40(49)45(2)41(48)43-42)38(44-47(39)28-30-20-24-34(25-21-30)32-14-8-4-9-15-32)46(35-16-10-5-11-17-35)27-29-18-22-33(23-19-29)31-12-6-3-7-13-31/h3-25,36H,26-28H2,1-2H3/t36?,42-/m1/s1. The third kappa shape index (κ3) is 5.01. The molecule has 1 unspecified atom stereocenters. The minimum atomic E-state index is -0.183. The van der Waals surface area contributed by atoms with Crippen molar-refractivity contribution in [2.75, 3.05) is 16.8 Å². The van der Waals surface area contributed by atoms with Crippen molar-refractivity contribution >= 4 is 29.2 Å². The van der Waals surface area contributed by atoms with Gasteiger partial charge in [0.25, 0.3) is 5.91 Å². The molecule has 7 heteroatoms. The van der Waals surface area contributed by atoms with Gasteiger partial charge in [0.15, 0.2) is 5.82 Å². The molecule has 1 amide bonds. The minimum Gasteiger partial charge on any atom is -0.320 e. The van der Waals surface area contributed by atoms with Gasteiger partial charge in [-0.2, -0.15) is 5.10 Å². The predicted molar refractivity (Wildman–Crippen MR) is 196 cm³/mol. The van der Waals surface area contributed by atoms with Crippen LogP contribution in [0.5, 0.6) is 0 Å². The van der Waals surface area contributed by atoms with Crippen molar-refractivity contribution in [2.45, 2.75) is 38.0 Å². The number of hydrogen-bond acceptors (Lipinski definition) is 5. The molecule has 5 aromatic carbocycles. The molecule has 2 atom stereocenters. The maximum absolute atomic E-state index is 14.4. The van der Waals surface area contributed by atoms with Crippen LogP contribution in [0.2, 0.25) is 0 Å². The lowest BCUT2D eigenvalue weighted by molar-refractivity contribution is 0.0865. The molecule has 240 valence electrons. The molecule has 3 aliphatic rings. The van der Waals surface area contributed by atoms with Gasteiger partial charge in [-0.05, 0) is 58.9 Å². The number of hydrogen-bond donors (Lipinski definition) is 0. The molecule has 1 aliphatic carbocycles. The molecule has 9 rings (SSSR count).